The van der Waals surface area contributed by atoms with Gasteiger partial charge in [0.1, 0.15) is 30.9 Å². The fraction of sp³-hybridized carbons (Fsp3) is 0.435. The molecule has 4 rings (SSSR count). The Morgan fingerprint density at radius 1 is 1.23 bits per heavy atom. The molecular formula is C23H25FN4O3. The second-order valence-corrected chi connectivity index (χ2v) is 7.90. The normalized spacial score (nSPS) is 20.5. The van der Waals surface area contributed by atoms with Crippen LogP contribution in [0.25, 0.3) is 0 Å². The Hall–Kier alpha value is -3.02. The Morgan fingerprint density at radius 3 is 2.74 bits per heavy atom. The van der Waals surface area contributed by atoms with E-state index in [0.29, 0.717) is 31.0 Å². The molecule has 1 unspecified atom stereocenters. The second-order valence-electron chi connectivity index (χ2n) is 7.90. The molecule has 1 aromatic heterocycles. The molecule has 0 saturated carbocycles. The van der Waals surface area contributed by atoms with Crippen molar-refractivity contribution in [2.24, 2.45) is 0 Å². The number of nitriles is 1. The molecule has 0 spiro atoms. The van der Waals surface area contributed by atoms with E-state index in [1.54, 1.807) is 24.4 Å². The largest absolute Gasteiger partial charge is 0.491 e. The van der Waals surface area contributed by atoms with Gasteiger partial charge in [-0.25, -0.2) is 4.39 Å². The van der Waals surface area contributed by atoms with Crippen molar-refractivity contribution in [3.63, 3.8) is 0 Å². The third-order valence-corrected chi connectivity index (χ3v) is 5.74. The molecule has 2 aliphatic rings. The number of aromatic nitrogens is 1. The van der Waals surface area contributed by atoms with Crippen LogP contribution >= 0.6 is 0 Å². The van der Waals surface area contributed by atoms with E-state index >= 15 is 0 Å². The monoisotopic (exact) mass is 424 g/mol. The highest BCUT2D eigenvalue weighted by Crippen LogP contribution is 2.22. The molecule has 1 amide bonds. The van der Waals surface area contributed by atoms with E-state index in [-0.39, 0.29) is 30.5 Å². The van der Waals surface area contributed by atoms with Crippen LogP contribution in [0.4, 0.5) is 4.39 Å². The van der Waals surface area contributed by atoms with Gasteiger partial charge in [0.2, 0.25) is 5.91 Å². The number of hydrogen-bond donors (Lipinski definition) is 0. The number of carbonyl (C=O) groups is 1. The summed E-state index contributed by atoms with van der Waals surface area (Å²) in [4.78, 5) is 21.0. The Balaban J connectivity index is 1.27. The van der Waals surface area contributed by atoms with Crippen LogP contribution in [0.5, 0.6) is 5.75 Å². The van der Waals surface area contributed by atoms with Gasteiger partial charge in [-0.15, -0.1) is 0 Å². The minimum absolute atomic E-state index is 0.0138. The molecule has 0 aliphatic carbocycles. The van der Waals surface area contributed by atoms with Crippen LogP contribution in [0.1, 0.15) is 24.1 Å². The van der Waals surface area contributed by atoms with E-state index in [4.69, 9.17) is 14.7 Å². The molecule has 2 fully saturated rings. The van der Waals surface area contributed by atoms with Gasteiger partial charge in [-0.2, -0.15) is 5.26 Å². The molecule has 162 valence electrons. The fourth-order valence-corrected chi connectivity index (χ4v) is 4.07. The zero-order valence-corrected chi connectivity index (χ0v) is 17.2. The first-order valence-electron chi connectivity index (χ1n) is 10.5. The maximum absolute atomic E-state index is 13.0. The molecule has 1 aromatic carbocycles. The van der Waals surface area contributed by atoms with Crippen molar-refractivity contribution in [3.8, 4) is 11.8 Å². The van der Waals surface area contributed by atoms with E-state index < -0.39 is 0 Å². The highest BCUT2D eigenvalue weighted by Gasteiger charge is 2.33. The van der Waals surface area contributed by atoms with E-state index in [0.717, 1.165) is 31.6 Å². The molecule has 2 saturated heterocycles. The molecule has 2 aliphatic heterocycles. The summed E-state index contributed by atoms with van der Waals surface area (Å²) in [6, 6.07) is 11.7. The lowest BCUT2D eigenvalue weighted by molar-refractivity contribution is -0.155. The molecular weight excluding hydrogens is 399 g/mol. The molecule has 1 atom stereocenters. The standard InChI is InChI=1S/C23H25FN4O3/c24-18-1-3-21(4-2-18)30-15-22-14-28(23(29)16-31-22)20-6-9-27(10-7-20)13-19-11-17(12-25)5-8-26-19/h1-5,8,11,20,22H,6-7,9-10,13-16H2. The second kappa shape index (κ2) is 9.86. The van der Waals surface area contributed by atoms with Crippen molar-refractivity contribution in [2.45, 2.75) is 31.5 Å². The molecule has 0 radical (unpaired) electrons. The minimum Gasteiger partial charge on any atom is -0.491 e. The lowest BCUT2D eigenvalue weighted by Gasteiger charge is -2.42. The number of benzene rings is 1. The number of piperidine rings is 1. The molecule has 2 aromatic rings. The first kappa shape index (κ1) is 21.2. The summed E-state index contributed by atoms with van der Waals surface area (Å²) in [6.45, 7) is 3.30. The predicted octanol–water partition coefficient (Wildman–Crippen LogP) is 2.36. The van der Waals surface area contributed by atoms with Gasteiger partial charge < -0.3 is 14.4 Å². The summed E-state index contributed by atoms with van der Waals surface area (Å²) in [5.74, 6) is 0.286. The molecule has 3 heterocycles. The van der Waals surface area contributed by atoms with Crippen LogP contribution in [0.15, 0.2) is 42.6 Å². The van der Waals surface area contributed by atoms with Crippen LogP contribution in [-0.2, 0) is 16.1 Å². The summed E-state index contributed by atoms with van der Waals surface area (Å²) < 4.78 is 24.4. The summed E-state index contributed by atoms with van der Waals surface area (Å²) in [6.07, 6.45) is 3.23. The number of likely N-dealkylation sites (tertiary alicyclic amines) is 1. The van der Waals surface area contributed by atoms with Gasteiger partial charge in [0, 0.05) is 31.9 Å². The van der Waals surface area contributed by atoms with Gasteiger partial charge in [0.15, 0.2) is 0 Å². The minimum atomic E-state index is -0.307. The smallest absolute Gasteiger partial charge is 0.248 e. The third kappa shape index (κ3) is 5.57. The van der Waals surface area contributed by atoms with Gasteiger partial charge in [-0.05, 0) is 49.2 Å². The van der Waals surface area contributed by atoms with E-state index in [1.807, 2.05) is 11.0 Å². The predicted molar refractivity (Wildman–Crippen MR) is 111 cm³/mol. The van der Waals surface area contributed by atoms with Crippen LogP contribution < -0.4 is 4.74 Å². The van der Waals surface area contributed by atoms with Crippen molar-refractivity contribution < 1.29 is 18.7 Å². The van der Waals surface area contributed by atoms with Crippen molar-refractivity contribution in [2.75, 3.05) is 32.8 Å². The Morgan fingerprint density at radius 2 is 2.00 bits per heavy atom. The van der Waals surface area contributed by atoms with Crippen molar-refractivity contribution in [1.82, 2.24) is 14.8 Å². The van der Waals surface area contributed by atoms with Crippen LogP contribution in [0, 0.1) is 17.1 Å². The first-order chi connectivity index (χ1) is 15.1. The average Bonchev–Trinajstić information content (AvgIpc) is 2.80. The number of morpholine rings is 1. The van der Waals surface area contributed by atoms with Gasteiger partial charge >= 0.3 is 0 Å². The highest BCUT2D eigenvalue weighted by molar-refractivity contribution is 5.78. The lowest BCUT2D eigenvalue weighted by Crippen LogP contribution is -2.55. The lowest BCUT2D eigenvalue weighted by atomic mass is 10.0. The van der Waals surface area contributed by atoms with Gasteiger partial charge in [-0.3, -0.25) is 14.7 Å². The Labute approximate surface area is 181 Å². The highest BCUT2D eigenvalue weighted by atomic mass is 19.1. The zero-order chi connectivity index (χ0) is 21.6. The average molecular weight is 424 g/mol. The van der Waals surface area contributed by atoms with E-state index in [9.17, 15) is 9.18 Å². The van der Waals surface area contributed by atoms with Gasteiger partial charge in [-0.1, -0.05) is 0 Å². The van der Waals surface area contributed by atoms with Crippen molar-refractivity contribution >= 4 is 5.91 Å². The topological polar surface area (TPSA) is 78.7 Å². The van der Waals surface area contributed by atoms with Gasteiger partial charge in [0.25, 0.3) is 0 Å². The summed E-state index contributed by atoms with van der Waals surface area (Å²) >= 11 is 0. The van der Waals surface area contributed by atoms with Crippen molar-refractivity contribution in [1.29, 1.82) is 5.26 Å². The van der Waals surface area contributed by atoms with E-state index in [1.165, 1.54) is 12.1 Å². The van der Waals surface area contributed by atoms with Crippen LogP contribution in [0.3, 0.4) is 0 Å². The van der Waals surface area contributed by atoms with Crippen LogP contribution in [-0.4, -0.2) is 65.7 Å². The maximum Gasteiger partial charge on any atom is 0.248 e. The number of halogens is 1. The van der Waals surface area contributed by atoms with Gasteiger partial charge in [0.05, 0.1) is 23.9 Å². The SMILES string of the molecule is N#Cc1ccnc(CN2CCC(N3CC(COc4ccc(F)cc4)OCC3=O)CC2)c1. The Bertz CT molecular complexity index is 939. The molecule has 0 N–H and O–H groups in total. The number of hydrogen-bond acceptors (Lipinski definition) is 6. The maximum atomic E-state index is 13.0. The fourth-order valence-electron chi connectivity index (χ4n) is 4.07. The number of carbonyl (C=O) groups excluding carboxylic acids is 1. The summed E-state index contributed by atoms with van der Waals surface area (Å²) in [5.41, 5.74) is 1.51. The quantitative estimate of drug-likeness (QED) is 0.709. The van der Waals surface area contributed by atoms with E-state index in [2.05, 4.69) is 16.0 Å². The van der Waals surface area contributed by atoms with Crippen LogP contribution in [0.2, 0.25) is 0 Å². The number of rotatable bonds is 6. The molecule has 31 heavy (non-hydrogen) atoms. The number of nitrogens with zero attached hydrogens (tertiary/aromatic N) is 4. The number of amides is 1. The number of pyridine rings is 1. The Kier molecular flexibility index (Phi) is 6.75. The molecule has 8 heteroatoms. The summed E-state index contributed by atoms with van der Waals surface area (Å²) in [7, 11) is 0. The third-order valence-electron chi connectivity index (χ3n) is 5.74. The molecule has 7 nitrogen and oxygen atoms in total. The first-order valence-corrected chi connectivity index (χ1v) is 10.5. The molecule has 0 bridgehead atoms. The summed E-state index contributed by atoms with van der Waals surface area (Å²) in [5, 5.41) is 9.04. The van der Waals surface area contributed by atoms with Crippen molar-refractivity contribution in [3.05, 3.63) is 59.7 Å². The number of ether oxygens (including phenoxy) is 2. The zero-order valence-electron chi connectivity index (χ0n) is 17.2.